The molecule has 2 aromatic rings. The third kappa shape index (κ3) is 16.6. The Morgan fingerprint density at radius 3 is 1.87 bits per heavy atom. The lowest BCUT2D eigenvalue weighted by atomic mass is 10.0. The number of carbonyl (C=O) groups is 5. The normalized spacial score (nSPS) is 12.9. The number of nitrogens with zero attached hydrogens (tertiary/aromatic N) is 1. The highest BCUT2D eigenvalue weighted by Crippen LogP contribution is 2.25. The van der Waals surface area contributed by atoms with Gasteiger partial charge in [0.1, 0.15) is 12.1 Å². The summed E-state index contributed by atoms with van der Waals surface area (Å²) in [6.07, 6.45) is 0.377. The van der Waals surface area contributed by atoms with Gasteiger partial charge >= 0.3 is 0 Å². The predicted octanol–water partition coefficient (Wildman–Crippen LogP) is 1.01. The van der Waals surface area contributed by atoms with Crippen molar-refractivity contribution in [3.8, 4) is 11.8 Å². The number of benzene rings is 2. The summed E-state index contributed by atoms with van der Waals surface area (Å²) in [5, 5.41) is 10.7. The van der Waals surface area contributed by atoms with Crippen LogP contribution in [-0.4, -0.2) is 114 Å². The van der Waals surface area contributed by atoms with Crippen LogP contribution in [0.15, 0.2) is 48.5 Å². The lowest BCUT2D eigenvalue weighted by Crippen LogP contribution is -2.54. The molecular formula is C40H56N6O9. The van der Waals surface area contributed by atoms with Crippen LogP contribution in [0.4, 0.5) is 5.69 Å². The second-order valence-corrected chi connectivity index (χ2v) is 13.1. The zero-order chi connectivity index (χ0) is 39.8. The first kappa shape index (κ1) is 44.5. The van der Waals surface area contributed by atoms with Crippen LogP contribution >= 0.6 is 0 Å². The fraction of sp³-hybridized carbons (Fsp3) is 0.525. The highest BCUT2D eigenvalue weighted by Gasteiger charge is 2.27. The summed E-state index contributed by atoms with van der Waals surface area (Å²) in [5.74, 6) is 4.76. The van der Waals surface area contributed by atoms with E-state index in [0.29, 0.717) is 52.7 Å². The molecule has 55 heavy (non-hydrogen) atoms. The number of rotatable bonds is 25. The molecule has 1 heterocycles. The third-order valence-corrected chi connectivity index (χ3v) is 8.36. The molecule has 0 spiro atoms. The molecule has 0 saturated carbocycles. The number of nitrogens with two attached hydrogens (primary N) is 1. The van der Waals surface area contributed by atoms with Gasteiger partial charge in [0.05, 0.1) is 65.1 Å². The molecule has 0 bridgehead atoms. The molecule has 1 unspecified atom stereocenters. The summed E-state index contributed by atoms with van der Waals surface area (Å²) in [5.41, 5.74) is 8.79. The maximum atomic E-state index is 13.3. The van der Waals surface area contributed by atoms with Crippen molar-refractivity contribution in [3.05, 3.63) is 65.2 Å². The van der Waals surface area contributed by atoms with Crippen LogP contribution in [0, 0.1) is 17.8 Å². The topological polar surface area (TPSA) is 200 Å². The highest BCUT2D eigenvalue weighted by molar-refractivity contribution is 5.95. The van der Waals surface area contributed by atoms with E-state index in [9.17, 15) is 24.0 Å². The number of carbonyl (C=O) groups excluding carboxylic acids is 5. The van der Waals surface area contributed by atoms with E-state index in [0.717, 1.165) is 22.4 Å². The van der Waals surface area contributed by atoms with Gasteiger partial charge in [0.2, 0.25) is 29.5 Å². The van der Waals surface area contributed by atoms with Gasteiger partial charge in [0.25, 0.3) is 0 Å². The van der Waals surface area contributed by atoms with E-state index in [1.54, 1.807) is 25.7 Å². The average molecular weight is 765 g/mol. The molecule has 0 aromatic heterocycles. The standard InChI is InChI=1S/C40H56N6O9/c1-29(2)38(40(51)44-30(3)39(50)43-19-17-41)45-36(48)16-21-53-23-25-55-27-26-54-24-22-52-20-15-35(47)42-18-14-37(49)46-28-33-10-5-4-8-31(33)12-13-32-9-6-7-11-34(32)46/h4-11,29-30,38H,14-28,41H2,1-3H3,(H,42,47)(H,43,50)(H,44,51)(H,45,48)/t30-,38?/m0/s1. The monoisotopic (exact) mass is 764 g/mol. The fourth-order valence-electron chi connectivity index (χ4n) is 5.33. The molecule has 0 saturated heterocycles. The molecule has 15 nitrogen and oxygen atoms in total. The molecular weight excluding hydrogens is 708 g/mol. The number of ether oxygens (including phenoxy) is 4. The molecule has 0 aliphatic carbocycles. The Morgan fingerprint density at radius 1 is 0.673 bits per heavy atom. The summed E-state index contributed by atoms with van der Waals surface area (Å²) in [4.78, 5) is 64.4. The Labute approximate surface area is 323 Å². The SMILES string of the molecule is CC(C)C(NC(=O)CCOCCOCCOCCOCCC(=O)NCCC(=O)N1Cc2ccccc2C#Cc2ccccc21)C(=O)N[C@@H](C)C(=O)NCCN. The van der Waals surface area contributed by atoms with Crippen LogP contribution < -0.4 is 31.9 Å². The van der Waals surface area contributed by atoms with Crippen molar-refractivity contribution in [1.29, 1.82) is 0 Å². The van der Waals surface area contributed by atoms with Crippen LogP contribution in [0.25, 0.3) is 0 Å². The summed E-state index contributed by atoms with van der Waals surface area (Å²) in [6, 6.07) is 13.8. The van der Waals surface area contributed by atoms with Gasteiger partial charge in [0.15, 0.2) is 0 Å². The molecule has 3 rings (SSSR count). The summed E-state index contributed by atoms with van der Waals surface area (Å²) in [6.45, 7) is 8.72. The van der Waals surface area contributed by atoms with E-state index < -0.39 is 18.0 Å². The van der Waals surface area contributed by atoms with Crippen molar-refractivity contribution in [2.45, 2.75) is 58.7 Å². The molecule has 300 valence electrons. The second-order valence-electron chi connectivity index (χ2n) is 13.1. The molecule has 6 N–H and O–H groups in total. The van der Waals surface area contributed by atoms with Crippen molar-refractivity contribution in [1.82, 2.24) is 21.3 Å². The number of nitrogens with one attached hydrogen (secondary N) is 4. The lowest BCUT2D eigenvalue weighted by Gasteiger charge is -2.26. The minimum absolute atomic E-state index is 0.0633. The van der Waals surface area contributed by atoms with E-state index in [1.165, 1.54) is 0 Å². The van der Waals surface area contributed by atoms with Crippen molar-refractivity contribution in [2.24, 2.45) is 11.7 Å². The molecule has 1 aliphatic rings. The average Bonchev–Trinajstić information content (AvgIpc) is 3.16. The van der Waals surface area contributed by atoms with Crippen molar-refractivity contribution in [3.63, 3.8) is 0 Å². The Balaban J connectivity index is 1.16. The predicted molar refractivity (Wildman–Crippen MR) is 207 cm³/mol. The lowest BCUT2D eigenvalue weighted by molar-refractivity contribution is -0.133. The maximum absolute atomic E-state index is 13.3. The van der Waals surface area contributed by atoms with Crippen molar-refractivity contribution in [2.75, 3.05) is 77.4 Å². The molecule has 2 atom stereocenters. The van der Waals surface area contributed by atoms with Crippen LogP contribution in [0.1, 0.15) is 56.7 Å². The molecule has 1 aliphatic heterocycles. The van der Waals surface area contributed by atoms with E-state index >= 15 is 0 Å². The van der Waals surface area contributed by atoms with E-state index in [1.807, 2.05) is 48.5 Å². The number of hydrogen-bond acceptors (Lipinski definition) is 10. The summed E-state index contributed by atoms with van der Waals surface area (Å²) < 4.78 is 21.9. The minimum Gasteiger partial charge on any atom is -0.379 e. The number of fused-ring (bicyclic) bond motifs is 2. The van der Waals surface area contributed by atoms with Gasteiger partial charge in [-0.2, -0.15) is 0 Å². The summed E-state index contributed by atoms with van der Waals surface area (Å²) >= 11 is 0. The molecule has 2 aromatic carbocycles. The van der Waals surface area contributed by atoms with Gasteiger partial charge in [-0.15, -0.1) is 0 Å². The fourth-order valence-corrected chi connectivity index (χ4v) is 5.33. The van der Waals surface area contributed by atoms with Gasteiger partial charge < -0.3 is 50.8 Å². The van der Waals surface area contributed by atoms with E-state index in [2.05, 4.69) is 33.1 Å². The largest absolute Gasteiger partial charge is 0.379 e. The van der Waals surface area contributed by atoms with Crippen LogP contribution in [-0.2, 0) is 49.5 Å². The van der Waals surface area contributed by atoms with Gasteiger partial charge in [-0.25, -0.2) is 0 Å². The van der Waals surface area contributed by atoms with E-state index in [4.69, 9.17) is 24.7 Å². The van der Waals surface area contributed by atoms with Gasteiger partial charge in [-0.05, 0) is 36.6 Å². The Bertz CT molecular complexity index is 1610. The van der Waals surface area contributed by atoms with Crippen LogP contribution in [0.5, 0.6) is 0 Å². The third-order valence-electron chi connectivity index (χ3n) is 8.36. The first-order chi connectivity index (χ1) is 26.6. The Morgan fingerprint density at radius 2 is 1.24 bits per heavy atom. The van der Waals surface area contributed by atoms with Crippen LogP contribution in [0.3, 0.4) is 0 Å². The number of hydrogen-bond donors (Lipinski definition) is 5. The maximum Gasteiger partial charge on any atom is 0.243 e. The molecule has 15 heteroatoms. The first-order valence-electron chi connectivity index (χ1n) is 18.7. The second kappa shape index (κ2) is 25.3. The van der Waals surface area contributed by atoms with E-state index in [-0.39, 0.29) is 75.2 Å². The molecule has 0 fully saturated rings. The van der Waals surface area contributed by atoms with Crippen molar-refractivity contribution >= 4 is 35.2 Å². The zero-order valence-corrected chi connectivity index (χ0v) is 32.2. The molecule has 0 radical (unpaired) electrons. The van der Waals surface area contributed by atoms with Crippen LogP contribution in [0.2, 0.25) is 0 Å². The number of amides is 5. The van der Waals surface area contributed by atoms with Crippen molar-refractivity contribution < 1.29 is 42.9 Å². The number of para-hydroxylation sites is 1. The first-order valence-corrected chi connectivity index (χ1v) is 18.7. The minimum atomic E-state index is -0.797. The summed E-state index contributed by atoms with van der Waals surface area (Å²) in [7, 11) is 0. The van der Waals surface area contributed by atoms with Gasteiger partial charge in [-0.1, -0.05) is 56.0 Å². The Hall–Kier alpha value is -4.85. The zero-order valence-electron chi connectivity index (χ0n) is 32.2. The smallest absolute Gasteiger partial charge is 0.243 e. The molecule has 5 amide bonds. The number of anilines is 1. The van der Waals surface area contributed by atoms with Gasteiger partial charge in [0, 0.05) is 50.0 Å². The van der Waals surface area contributed by atoms with Gasteiger partial charge in [-0.3, -0.25) is 24.0 Å². The quantitative estimate of drug-likeness (QED) is 0.0719. The Kier molecular flexibility index (Phi) is 20.5. The highest BCUT2D eigenvalue weighted by atomic mass is 16.6.